The third-order valence-corrected chi connectivity index (χ3v) is 6.53. The van der Waals surface area contributed by atoms with Crippen molar-refractivity contribution in [1.29, 1.82) is 0 Å². The van der Waals surface area contributed by atoms with Crippen molar-refractivity contribution in [3.63, 3.8) is 0 Å². The highest BCUT2D eigenvalue weighted by Crippen LogP contribution is 2.25. The summed E-state index contributed by atoms with van der Waals surface area (Å²) in [5.74, 6) is 0.911. The van der Waals surface area contributed by atoms with Crippen LogP contribution in [0.25, 0.3) is 0 Å². The molecule has 140 valence electrons. The molecule has 1 atom stereocenters. The van der Waals surface area contributed by atoms with Gasteiger partial charge in [0.1, 0.15) is 5.75 Å². The molecule has 3 nitrogen and oxygen atoms in total. The number of halogens is 2. The fraction of sp³-hybridized carbons (Fsp3) is 0.429. The number of hydrogen-bond acceptors (Lipinski definition) is 3. The molecule has 5 heteroatoms. The van der Waals surface area contributed by atoms with Crippen LogP contribution >= 0.6 is 38.5 Å². The molecule has 0 radical (unpaired) electrons. The highest BCUT2D eigenvalue weighted by molar-refractivity contribution is 14.1. The van der Waals surface area contributed by atoms with Crippen LogP contribution < -0.4 is 4.74 Å². The fourth-order valence-electron chi connectivity index (χ4n) is 3.32. The summed E-state index contributed by atoms with van der Waals surface area (Å²) in [6.07, 6.45) is 2.66. The lowest BCUT2D eigenvalue weighted by molar-refractivity contribution is 0.0677. The van der Waals surface area contributed by atoms with Gasteiger partial charge in [-0.15, -0.1) is 0 Å². The van der Waals surface area contributed by atoms with Crippen LogP contribution in [0.1, 0.15) is 29.5 Å². The molecule has 1 aliphatic heterocycles. The van der Waals surface area contributed by atoms with Crippen LogP contribution in [0, 0.1) is 10.5 Å². The average Bonchev–Trinajstić information content (AvgIpc) is 3.12. The number of nitrogens with zero attached hydrogens (tertiary/aromatic N) is 1. The average molecular weight is 530 g/mol. The quantitative estimate of drug-likeness (QED) is 0.439. The molecule has 26 heavy (non-hydrogen) atoms. The highest BCUT2D eigenvalue weighted by atomic mass is 127. The first-order chi connectivity index (χ1) is 12.5. The van der Waals surface area contributed by atoms with Crippen molar-refractivity contribution < 1.29 is 9.47 Å². The van der Waals surface area contributed by atoms with E-state index in [1.807, 2.05) is 6.07 Å². The van der Waals surface area contributed by atoms with Gasteiger partial charge in [-0.2, -0.15) is 0 Å². The Bertz CT molecular complexity index is 747. The normalized spacial score (nSPS) is 17.0. The molecule has 1 saturated heterocycles. The van der Waals surface area contributed by atoms with Crippen LogP contribution in [0.4, 0.5) is 0 Å². The maximum Gasteiger partial charge on any atom is 0.119 e. The van der Waals surface area contributed by atoms with E-state index in [0.717, 1.165) is 38.4 Å². The number of methoxy groups -OCH3 is 1. The van der Waals surface area contributed by atoms with E-state index in [9.17, 15) is 0 Å². The number of benzene rings is 2. The fourth-order valence-corrected chi connectivity index (χ4v) is 4.45. The van der Waals surface area contributed by atoms with Gasteiger partial charge < -0.3 is 9.47 Å². The zero-order chi connectivity index (χ0) is 18.5. The lowest BCUT2D eigenvalue weighted by Gasteiger charge is -2.26. The van der Waals surface area contributed by atoms with E-state index in [-0.39, 0.29) is 0 Å². The Morgan fingerprint density at radius 3 is 2.69 bits per heavy atom. The van der Waals surface area contributed by atoms with Gasteiger partial charge in [0.2, 0.25) is 0 Å². The van der Waals surface area contributed by atoms with E-state index in [2.05, 4.69) is 80.7 Å². The Balaban J connectivity index is 1.80. The van der Waals surface area contributed by atoms with E-state index in [0.29, 0.717) is 6.10 Å². The molecular weight excluding hydrogens is 505 g/mol. The lowest BCUT2D eigenvalue weighted by atomic mass is 10.1. The van der Waals surface area contributed by atoms with Crippen LogP contribution in [-0.2, 0) is 17.8 Å². The van der Waals surface area contributed by atoms with E-state index < -0.39 is 0 Å². The van der Waals surface area contributed by atoms with Crippen molar-refractivity contribution in [3.05, 3.63) is 61.1 Å². The number of rotatable bonds is 7. The molecule has 0 spiro atoms. The molecule has 2 aromatic rings. The largest absolute Gasteiger partial charge is 0.497 e. The van der Waals surface area contributed by atoms with Gasteiger partial charge in [0, 0.05) is 34.3 Å². The molecule has 0 bridgehead atoms. The predicted molar refractivity (Wildman–Crippen MR) is 118 cm³/mol. The summed E-state index contributed by atoms with van der Waals surface area (Å²) < 4.78 is 13.8. The first-order valence-corrected chi connectivity index (χ1v) is 10.8. The van der Waals surface area contributed by atoms with Crippen molar-refractivity contribution in [3.8, 4) is 5.75 Å². The third kappa shape index (κ3) is 5.44. The van der Waals surface area contributed by atoms with E-state index >= 15 is 0 Å². The predicted octanol–water partition coefficient (Wildman–Crippen LogP) is 5.55. The van der Waals surface area contributed by atoms with Gasteiger partial charge in [0.05, 0.1) is 13.2 Å². The Kier molecular flexibility index (Phi) is 7.37. The van der Waals surface area contributed by atoms with Gasteiger partial charge in [0.25, 0.3) is 0 Å². The first kappa shape index (κ1) is 20.1. The molecule has 1 fully saturated rings. The summed E-state index contributed by atoms with van der Waals surface area (Å²) in [6.45, 7) is 5.75. The first-order valence-electron chi connectivity index (χ1n) is 8.96. The molecule has 3 rings (SSSR count). The molecule has 1 aliphatic rings. The monoisotopic (exact) mass is 529 g/mol. The minimum atomic E-state index is 0.336. The Morgan fingerprint density at radius 1 is 1.19 bits per heavy atom. The lowest BCUT2D eigenvalue weighted by Crippen LogP contribution is -2.31. The molecule has 0 saturated carbocycles. The number of ether oxygens (including phenoxy) is 2. The SMILES string of the molecule is COc1ccc(I)c(CN(Cc2ccc(C)cc2Br)CC2CCCO2)c1. The summed E-state index contributed by atoms with van der Waals surface area (Å²) in [5.41, 5.74) is 3.88. The van der Waals surface area contributed by atoms with Crippen molar-refractivity contribution in [2.45, 2.75) is 39.0 Å². The van der Waals surface area contributed by atoms with Crippen LogP contribution in [0.5, 0.6) is 5.75 Å². The van der Waals surface area contributed by atoms with Crippen LogP contribution in [-0.4, -0.2) is 31.3 Å². The zero-order valence-electron chi connectivity index (χ0n) is 15.3. The van der Waals surface area contributed by atoms with Crippen molar-refractivity contribution >= 4 is 38.5 Å². The van der Waals surface area contributed by atoms with Gasteiger partial charge in [0.15, 0.2) is 0 Å². The summed E-state index contributed by atoms with van der Waals surface area (Å²) >= 11 is 6.14. The van der Waals surface area contributed by atoms with Crippen LogP contribution in [0.2, 0.25) is 0 Å². The summed E-state index contributed by atoms with van der Waals surface area (Å²) in [5, 5.41) is 0. The second-order valence-corrected chi connectivity index (χ2v) is 8.87. The molecule has 0 aliphatic carbocycles. The van der Waals surface area contributed by atoms with E-state index in [1.165, 1.54) is 31.2 Å². The number of aryl methyl sites for hydroxylation is 1. The molecule has 0 N–H and O–H groups in total. The maximum absolute atomic E-state index is 5.90. The molecule has 1 heterocycles. The van der Waals surface area contributed by atoms with Gasteiger partial charge in [-0.3, -0.25) is 4.90 Å². The van der Waals surface area contributed by atoms with Gasteiger partial charge >= 0.3 is 0 Å². The molecule has 0 amide bonds. The van der Waals surface area contributed by atoms with Crippen molar-refractivity contribution in [1.82, 2.24) is 4.90 Å². The smallest absolute Gasteiger partial charge is 0.119 e. The van der Waals surface area contributed by atoms with E-state index in [4.69, 9.17) is 9.47 Å². The molecule has 2 aromatic carbocycles. The minimum Gasteiger partial charge on any atom is -0.497 e. The van der Waals surface area contributed by atoms with Gasteiger partial charge in [-0.25, -0.2) is 0 Å². The summed E-state index contributed by atoms with van der Waals surface area (Å²) in [7, 11) is 1.72. The standard InChI is InChI=1S/C21H25BrINO2/c1-15-5-6-16(20(22)10-15)12-24(14-19-4-3-9-26-19)13-17-11-18(25-2)7-8-21(17)23/h5-8,10-11,19H,3-4,9,12-14H2,1-2H3. The molecule has 1 unspecified atom stereocenters. The minimum absolute atomic E-state index is 0.336. The Morgan fingerprint density at radius 2 is 2.00 bits per heavy atom. The third-order valence-electron chi connectivity index (χ3n) is 4.74. The van der Waals surface area contributed by atoms with Crippen molar-refractivity contribution in [2.24, 2.45) is 0 Å². The second-order valence-electron chi connectivity index (χ2n) is 6.86. The summed E-state index contributed by atoms with van der Waals surface area (Å²) in [6, 6.07) is 12.9. The van der Waals surface area contributed by atoms with Crippen LogP contribution in [0.15, 0.2) is 40.9 Å². The summed E-state index contributed by atoms with van der Waals surface area (Å²) in [4.78, 5) is 2.49. The number of hydrogen-bond donors (Lipinski definition) is 0. The van der Waals surface area contributed by atoms with Crippen molar-refractivity contribution in [2.75, 3.05) is 20.3 Å². The topological polar surface area (TPSA) is 21.7 Å². The molecule has 0 aromatic heterocycles. The van der Waals surface area contributed by atoms with Gasteiger partial charge in [-0.1, -0.05) is 28.1 Å². The maximum atomic E-state index is 5.90. The Hall–Kier alpha value is -0.630. The van der Waals surface area contributed by atoms with E-state index in [1.54, 1.807) is 7.11 Å². The van der Waals surface area contributed by atoms with Crippen LogP contribution in [0.3, 0.4) is 0 Å². The second kappa shape index (κ2) is 9.53. The Labute approximate surface area is 178 Å². The highest BCUT2D eigenvalue weighted by Gasteiger charge is 2.21. The zero-order valence-corrected chi connectivity index (χ0v) is 19.0. The molecular formula is C21H25BrINO2. The van der Waals surface area contributed by atoms with Gasteiger partial charge in [-0.05, 0) is 83.3 Å².